The predicted octanol–water partition coefficient (Wildman–Crippen LogP) is 4.47. The molecule has 3 aromatic carbocycles. The Morgan fingerprint density at radius 3 is 2.30 bits per heavy atom. The van der Waals surface area contributed by atoms with E-state index in [1.807, 2.05) is 31.2 Å². The molecular formula is C22H20FNO2S. The van der Waals surface area contributed by atoms with Gasteiger partial charge in [-0.15, -0.1) is 0 Å². The average molecular weight is 381 g/mol. The van der Waals surface area contributed by atoms with Crippen molar-refractivity contribution in [2.75, 3.05) is 6.54 Å². The van der Waals surface area contributed by atoms with Gasteiger partial charge in [0.25, 0.3) is 0 Å². The lowest BCUT2D eigenvalue weighted by molar-refractivity contribution is 0.344. The van der Waals surface area contributed by atoms with Gasteiger partial charge >= 0.3 is 0 Å². The normalized spacial score (nSPS) is 17.5. The Morgan fingerprint density at radius 2 is 1.59 bits per heavy atom. The molecule has 27 heavy (non-hydrogen) atoms. The van der Waals surface area contributed by atoms with E-state index in [2.05, 4.69) is 0 Å². The highest BCUT2D eigenvalue weighted by Crippen LogP contribution is 2.38. The van der Waals surface area contributed by atoms with Crippen LogP contribution in [0.2, 0.25) is 0 Å². The molecule has 138 valence electrons. The minimum absolute atomic E-state index is 0.277. The maximum Gasteiger partial charge on any atom is 0.243 e. The number of rotatable bonds is 3. The zero-order chi connectivity index (χ0) is 19.0. The van der Waals surface area contributed by atoms with Crippen molar-refractivity contribution in [3.05, 3.63) is 101 Å². The number of benzene rings is 3. The van der Waals surface area contributed by atoms with E-state index in [1.54, 1.807) is 36.4 Å². The van der Waals surface area contributed by atoms with Gasteiger partial charge in [0.05, 0.1) is 10.9 Å². The summed E-state index contributed by atoms with van der Waals surface area (Å²) in [6.45, 7) is 2.31. The first-order chi connectivity index (χ1) is 13.0. The molecule has 1 atom stereocenters. The Hall–Kier alpha value is -2.50. The molecule has 0 saturated heterocycles. The summed E-state index contributed by atoms with van der Waals surface area (Å²) in [5.74, 6) is -0.337. The van der Waals surface area contributed by atoms with E-state index < -0.39 is 16.1 Å². The number of fused-ring (bicyclic) bond motifs is 1. The van der Waals surface area contributed by atoms with Crippen molar-refractivity contribution in [3.8, 4) is 0 Å². The van der Waals surface area contributed by atoms with Gasteiger partial charge in [-0.2, -0.15) is 4.31 Å². The number of hydrogen-bond donors (Lipinski definition) is 0. The van der Waals surface area contributed by atoms with Crippen molar-refractivity contribution >= 4 is 10.0 Å². The first kappa shape index (κ1) is 17.9. The number of nitrogens with zero attached hydrogens (tertiary/aromatic N) is 1. The van der Waals surface area contributed by atoms with Gasteiger partial charge in [-0.1, -0.05) is 54.1 Å². The van der Waals surface area contributed by atoms with Gasteiger partial charge in [-0.3, -0.25) is 0 Å². The third-order valence-electron chi connectivity index (χ3n) is 5.05. The summed E-state index contributed by atoms with van der Waals surface area (Å²) in [7, 11) is -3.69. The number of hydrogen-bond acceptors (Lipinski definition) is 2. The molecule has 0 spiro atoms. The fourth-order valence-corrected chi connectivity index (χ4v) is 5.23. The van der Waals surface area contributed by atoms with E-state index in [0.717, 1.165) is 22.3 Å². The van der Waals surface area contributed by atoms with Crippen molar-refractivity contribution in [3.63, 3.8) is 0 Å². The molecule has 1 aliphatic rings. The van der Waals surface area contributed by atoms with E-state index in [4.69, 9.17) is 0 Å². The largest absolute Gasteiger partial charge is 0.243 e. The molecule has 0 radical (unpaired) electrons. The van der Waals surface area contributed by atoms with Crippen LogP contribution in [0, 0.1) is 12.7 Å². The molecule has 0 aromatic heterocycles. The molecule has 1 aliphatic heterocycles. The standard InChI is InChI=1S/C22H20FNO2S/c1-16-6-12-20(13-7-16)27(25,26)24-15-14-17-4-2-3-5-21(17)22(24)18-8-10-19(23)11-9-18/h2-13,22H,14-15H2,1H3. The van der Waals surface area contributed by atoms with E-state index in [9.17, 15) is 12.8 Å². The number of halogens is 1. The molecule has 1 heterocycles. The van der Waals surface area contributed by atoms with Crippen LogP contribution in [-0.4, -0.2) is 19.3 Å². The Morgan fingerprint density at radius 1 is 0.926 bits per heavy atom. The monoisotopic (exact) mass is 381 g/mol. The van der Waals surface area contributed by atoms with Gasteiger partial charge < -0.3 is 0 Å². The van der Waals surface area contributed by atoms with Crippen molar-refractivity contribution < 1.29 is 12.8 Å². The molecule has 5 heteroatoms. The fraction of sp³-hybridized carbons (Fsp3) is 0.182. The maximum atomic E-state index is 13.5. The molecule has 3 aromatic rings. The molecular weight excluding hydrogens is 361 g/mol. The fourth-order valence-electron chi connectivity index (χ4n) is 3.64. The predicted molar refractivity (Wildman–Crippen MR) is 103 cm³/mol. The zero-order valence-electron chi connectivity index (χ0n) is 15.0. The molecule has 0 amide bonds. The van der Waals surface area contributed by atoms with E-state index in [1.165, 1.54) is 16.4 Å². The van der Waals surface area contributed by atoms with Gasteiger partial charge in [-0.05, 0) is 54.3 Å². The van der Waals surface area contributed by atoms with E-state index in [0.29, 0.717) is 13.0 Å². The summed E-state index contributed by atoms with van der Waals surface area (Å²) in [5, 5.41) is 0. The zero-order valence-corrected chi connectivity index (χ0v) is 15.8. The molecule has 4 rings (SSSR count). The van der Waals surface area contributed by atoms with Gasteiger partial charge in [0.2, 0.25) is 10.0 Å². The minimum atomic E-state index is -3.69. The number of aryl methyl sites for hydroxylation is 1. The summed E-state index contributed by atoms with van der Waals surface area (Å²) >= 11 is 0. The third-order valence-corrected chi connectivity index (χ3v) is 6.93. The van der Waals surface area contributed by atoms with Crippen molar-refractivity contribution in [2.24, 2.45) is 0 Å². The van der Waals surface area contributed by atoms with Crippen LogP contribution in [0.15, 0.2) is 77.7 Å². The summed E-state index contributed by atoms with van der Waals surface area (Å²) in [5.41, 5.74) is 3.85. The van der Waals surface area contributed by atoms with Gasteiger partial charge in [-0.25, -0.2) is 12.8 Å². The quantitative estimate of drug-likeness (QED) is 0.671. The van der Waals surface area contributed by atoms with Crippen LogP contribution in [0.4, 0.5) is 4.39 Å². The summed E-state index contributed by atoms with van der Waals surface area (Å²) in [6.07, 6.45) is 0.652. The molecule has 3 nitrogen and oxygen atoms in total. The van der Waals surface area contributed by atoms with Crippen LogP contribution in [0.3, 0.4) is 0 Å². The summed E-state index contributed by atoms with van der Waals surface area (Å²) in [6, 6.07) is 20.4. The van der Waals surface area contributed by atoms with Crippen LogP contribution in [-0.2, 0) is 16.4 Å². The lowest BCUT2D eigenvalue weighted by atomic mass is 9.90. The van der Waals surface area contributed by atoms with Crippen LogP contribution >= 0.6 is 0 Å². The molecule has 0 fully saturated rings. The van der Waals surface area contributed by atoms with Crippen LogP contribution in [0.25, 0.3) is 0 Å². The Balaban J connectivity index is 1.86. The minimum Gasteiger partial charge on any atom is -0.207 e. The van der Waals surface area contributed by atoms with Crippen LogP contribution < -0.4 is 0 Å². The van der Waals surface area contributed by atoms with Crippen molar-refractivity contribution in [1.82, 2.24) is 4.31 Å². The summed E-state index contributed by atoms with van der Waals surface area (Å²) in [4.78, 5) is 0.277. The SMILES string of the molecule is Cc1ccc(S(=O)(=O)N2CCc3ccccc3C2c2ccc(F)cc2)cc1. The Labute approximate surface area is 159 Å². The first-order valence-corrected chi connectivity index (χ1v) is 10.3. The van der Waals surface area contributed by atoms with Gasteiger partial charge in [0.1, 0.15) is 5.82 Å². The second-order valence-electron chi connectivity index (χ2n) is 6.83. The second kappa shape index (κ2) is 6.91. The van der Waals surface area contributed by atoms with Crippen molar-refractivity contribution in [1.29, 1.82) is 0 Å². The first-order valence-electron chi connectivity index (χ1n) is 8.88. The van der Waals surface area contributed by atoms with Crippen molar-refractivity contribution in [2.45, 2.75) is 24.3 Å². The molecule has 0 saturated carbocycles. The molecule has 0 N–H and O–H groups in total. The summed E-state index contributed by atoms with van der Waals surface area (Å²) < 4.78 is 41.8. The van der Waals surface area contributed by atoms with E-state index >= 15 is 0 Å². The third kappa shape index (κ3) is 3.29. The van der Waals surface area contributed by atoms with Gasteiger partial charge in [0, 0.05) is 6.54 Å². The smallest absolute Gasteiger partial charge is 0.207 e. The maximum absolute atomic E-state index is 13.5. The number of sulfonamides is 1. The second-order valence-corrected chi connectivity index (χ2v) is 8.72. The molecule has 1 unspecified atom stereocenters. The van der Waals surface area contributed by atoms with Gasteiger partial charge in [0.15, 0.2) is 0 Å². The van der Waals surface area contributed by atoms with Crippen LogP contribution in [0.5, 0.6) is 0 Å². The average Bonchev–Trinajstić information content (AvgIpc) is 2.68. The lowest BCUT2D eigenvalue weighted by Crippen LogP contribution is -2.40. The highest BCUT2D eigenvalue weighted by atomic mass is 32.2. The van der Waals surface area contributed by atoms with E-state index in [-0.39, 0.29) is 10.7 Å². The topological polar surface area (TPSA) is 37.4 Å². The Bertz CT molecular complexity index is 1060. The van der Waals surface area contributed by atoms with Crippen LogP contribution in [0.1, 0.15) is 28.3 Å². The molecule has 0 aliphatic carbocycles. The highest BCUT2D eigenvalue weighted by molar-refractivity contribution is 7.89. The highest BCUT2D eigenvalue weighted by Gasteiger charge is 2.37. The molecule has 0 bridgehead atoms. The Kier molecular flexibility index (Phi) is 4.58. The lowest BCUT2D eigenvalue weighted by Gasteiger charge is -2.36.